The summed E-state index contributed by atoms with van der Waals surface area (Å²) >= 11 is 0. The van der Waals surface area contributed by atoms with Crippen molar-refractivity contribution >= 4 is 11.5 Å². The highest BCUT2D eigenvalue weighted by atomic mass is 19.1. The number of benzene rings is 2. The molecule has 1 atom stereocenters. The largest absolute Gasteiger partial charge is 0.494 e. The number of fused-ring (bicyclic) bond motifs is 1. The summed E-state index contributed by atoms with van der Waals surface area (Å²) in [7, 11) is 2.74. The minimum Gasteiger partial charge on any atom is -0.494 e. The first-order chi connectivity index (χ1) is 11.5. The number of hydrogen-bond acceptors (Lipinski definition) is 4. The van der Waals surface area contributed by atoms with E-state index in [1.807, 2.05) is 13.0 Å². The maximum Gasteiger partial charge on any atom is 0.337 e. The van der Waals surface area contributed by atoms with Crippen molar-refractivity contribution in [2.75, 3.05) is 14.2 Å². The van der Waals surface area contributed by atoms with Gasteiger partial charge in [-0.05, 0) is 42.8 Å². The van der Waals surface area contributed by atoms with Gasteiger partial charge in [0.1, 0.15) is 11.9 Å². The van der Waals surface area contributed by atoms with Crippen LogP contribution in [0.1, 0.15) is 28.4 Å². The minimum atomic E-state index is -0.457. The Morgan fingerprint density at radius 3 is 2.67 bits per heavy atom. The van der Waals surface area contributed by atoms with Crippen LogP contribution in [0.2, 0.25) is 0 Å². The fourth-order valence-electron chi connectivity index (χ4n) is 2.76. The lowest BCUT2D eigenvalue weighted by Gasteiger charge is -2.24. The zero-order valence-corrected chi connectivity index (χ0v) is 13.6. The Morgan fingerprint density at radius 1 is 1.17 bits per heavy atom. The summed E-state index contributed by atoms with van der Waals surface area (Å²) in [6.45, 7) is 1.87. The molecule has 2 aromatic rings. The minimum absolute atomic E-state index is 0.165. The van der Waals surface area contributed by atoms with Crippen LogP contribution >= 0.6 is 0 Å². The van der Waals surface area contributed by atoms with E-state index in [2.05, 4.69) is 0 Å². The van der Waals surface area contributed by atoms with Crippen LogP contribution < -0.4 is 9.47 Å². The Balaban J connectivity index is 2.18. The number of hydrogen-bond donors (Lipinski definition) is 0. The average molecular weight is 328 g/mol. The summed E-state index contributed by atoms with van der Waals surface area (Å²) in [5.74, 6) is -0.148. The van der Waals surface area contributed by atoms with Crippen LogP contribution in [0.25, 0.3) is 5.57 Å². The third-order valence-corrected chi connectivity index (χ3v) is 3.88. The van der Waals surface area contributed by atoms with Gasteiger partial charge in [0, 0.05) is 11.1 Å². The summed E-state index contributed by atoms with van der Waals surface area (Å²) in [5.41, 5.74) is 2.07. The number of ether oxygens (including phenoxy) is 3. The molecule has 1 aliphatic heterocycles. The first kappa shape index (κ1) is 16.1. The monoisotopic (exact) mass is 328 g/mol. The van der Waals surface area contributed by atoms with Gasteiger partial charge in [0.05, 0.1) is 19.8 Å². The van der Waals surface area contributed by atoms with E-state index in [0.29, 0.717) is 28.0 Å². The quantitative estimate of drug-likeness (QED) is 0.803. The number of rotatable bonds is 3. The topological polar surface area (TPSA) is 44.8 Å². The van der Waals surface area contributed by atoms with Crippen molar-refractivity contribution in [2.45, 2.75) is 13.0 Å². The molecule has 0 spiro atoms. The summed E-state index contributed by atoms with van der Waals surface area (Å²) in [6, 6.07) is 9.94. The highest BCUT2D eigenvalue weighted by Gasteiger charge is 2.24. The molecule has 0 radical (unpaired) electrons. The molecule has 1 aliphatic rings. The summed E-state index contributed by atoms with van der Waals surface area (Å²) < 4.78 is 30.3. The Kier molecular flexibility index (Phi) is 4.25. The zero-order valence-electron chi connectivity index (χ0n) is 13.6. The number of carbonyl (C=O) groups excluding carboxylic acids is 1. The summed E-state index contributed by atoms with van der Waals surface area (Å²) in [4.78, 5) is 11.8. The molecule has 0 saturated heterocycles. The Morgan fingerprint density at radius 2 is 1.96 bits per heavy atom. The van der Waals surface area contributed by atoms with Crippen LogP contribution in [0.3, 0.4) is 0 Å². The summed E-state index contributed by atoms with van der Waals surface area (Å²) in [5, 5.41) is 0. The first-order valence-electron chi connectivity index (χ1n) is 7.49. The van der Waals surface area contributed by atoms with Crippen molar-refractivity contribution in [3.8, 4) is 11.5 Å². The van der Waals surface area contributed by atoms with Gasteiger partial charge in [0.15, 0.2) is 11.6 Å². The van der Waals surface area contributed by atoms with Crippen LogP contribution in [-0.2, 0) is 4.74 Å². The third kappa shape index (κ3) is 2.73. The van der Waals surface area contributed by atoms with Gasteiger partial charge in [0.2, 0.25) is 0 Å². The molecule has 0 amide bonds. The van der Waals surface area contributed by atoms with E-state index in [1.54, 1.807) is 36.4 Å². The fourth-order valence-corrected chi connectivity index (χ4v) is 2.76. The molecule has 0 fully saturated rings. The van der Waals surface area contributed by atoms with E-state index in [9.17, 15) is 9.18 Å². The maximum absolute atomic E-state index is 14.7. The van der Waals surface area contributed by atoms with Crippen molar-refractivity contribution in [3.05, 3.63) is 65.0 Å². The van der Waals surface area contributed by atoms with Gasteiger partial charge in [-0.3, -0.25) is 0 Å². The highest BCUT2D eigenvalue weighted by molar-refractivity contribution is 5.93. The molecule has 0 aromatic heterocycles. The zero-order chi connectivity index (χ0) is 17.3. The summed E-state index contributed by atoms with van der Waals surface area (Å²) in [6.07, 6.45) is 1.60. The predicted molar refractivity (Wildman–Crippen MR) is 87.9 cm³/mol. The van der Waals surface area contributed by atoms with Crippen LogP contribution in [0.5, 0.6) is 11.5 Å². The molecule has 24 heavy (non-hydrogen) atoms. The lowest BCUT2D eigenvalue weighted by Crippen LogP contribution is -2.16. The van der Waals surface area contributed by atoms with E-state index in [4.69, 9.17) is 14.2 Å². The SMILES string of the molecule is COC(=O)c1ccc2c(c1)C(c1cccc(OC)c1F)=CC(C)O2. The number of methoxy groups -OCH3 is 2. The fraction of sp³-hybridized carbons (Fsp3) is 0.211. The van der Waals surface area contributed by atoms with Gasteiger partial charge in [-0.2, -0.15) is 0 Å². The van der Waals surface area contributed by atoms with Gasteiger partial charge < -0.3 is 14.2 Å². The molecule has 0 bridgehead atoms. The molecule has 3 rings (SSSR count). The molecule has 5 heteroatoms. The Bertz CT molecular complexity index is 826. The van der Waals surface area contributed by atoms with Gasteiger partial charge in [0.25, 0.3) is 0 Å². The Hall–Kier alpha value is -2.82. The van der Waals surface area contributed by atoms with Crippen molar-refractivity contribution < 1.29 is 23.4 Å². The number of halogens is 1. The molecular formula is C19H17FO4. The predicted octanol–water partition coefficient (Wildman–Crippen LogP) is 3.83. The van der Waals surface area contributed by atoms with Crippen molar-refractivity contribution in [1.82, 2.24) is 0 Å². The average Bonchev–Trinajstić information content (AvgIpc) is 2.60. The highest BCUT2D eigenvalue weighted by Crippen LogP contribution is 2.39. The van der Waals surface area contributed by atoms with Gasteiger partial charge in [-0.15, -0.1) is 0 Å². The standard InChI is InChI=1S/C19H17FO4/c1-11-9-14(13-5-4-6-17(22-2)18(13)20)15-10-12(19(21)23-3)7-8-16(15)24-11/h4-11H,1-3H3. The molecule has 0 saturated carbocycles. The number of esters is 1. The Labute approximate surface area is 139 Å². The van der Waals surface area contributed by atoms with E-state index in [0.717, 1.165) is 0 Å². The van der Waals surface area contributed by atoms with Crippen LogP contribution in [0, 0.1) is 5.82 Å². The van der Waals surface area contributed by atoms with Gasteiger partial charge in [-0.25, -0.2) is 9.18 Å². The number of carbonyl (C=O) groups is 1. The molecule has 124 valence electrons. The second kappa shape index (κ2) is 6.35. The normalized spacial score (nSPS) is 15.8. The molecule has 2 aromatic carbocycles. The van der Waals surface area contributed by atoms with Crippen molar-refractivity contribution in [3.63, 3.8) is 0 Å². The van der Waals surface area contributed by atoms with Crippen LogP contribution in [-0.4, -0.2) is 26.3 Å². The van der Waals surface area contributed by atoms with Crippen molar-refractivity contribution in [2.24, 2.45) is 0 Å². The second-order valence-corrected chi connectivity index (χ2v) is 5.43. The molecule has 1 heterocycles. The van der Waals surface area contributed by atoms with E-state index in [1.165, 1.54) is 14.2 Å². The van der Waals surface area contributed by atoms with Crippen molar-refractivity contribution in [1.29, 1.82) is 0 Å². The van der Waals surface area contributed by atoms with Gasteiger partial charge >= 0.3 is 5.97 Å². The second-order valence-electron chi connectivity index (χ2n) is 5.43. The maximum atomic E-state index is 14.7. The van der Waals surface area contributed by atoms with Crippen LogP contribution in [0.4, 0.5) is 4.39 Å². The third-order valence-electron chi connectivity index (χ3n) is 3.88. The smallest absolute Gasteiger partial charge is 0.337 e. The molecule has 0 aliphatic carbocycles. The lowest BCUT2D eigenvalue weighted by atomic mass is 9.92. The van der Waals surface area contributed by atoms with Gasteiger partial charge in [-0.1, -0.05) is 12.1 Å². The van der Waals surface area contributed by atoms with Crippen LogP contribution in [0.15, 0.2) is 42.5 Å². The van der Waals surface area contributed by atoms with E-state index < -0.39 is 11.8 Å². The van der Waals surface area contributed by atoms with E-state index in [-0.39, 0.29) is 11.9 Å². The molecular weight excluding hydrogens is 311 g/mol. The lowest BCUT2D eigenvalue weighted by molar-refractivity contribution is 0.0600. The molecule has 0 N–H and O–H groups in total. The first-order valence-corrected chi connectivity index (χ1v) is 7.49. The van der Waals surface area contributed by atoms with E-state index >= 15 is 0 Å². The molecule has 1 unspecified atom stereocenters. The molecule has 4 nitrogen and oxygen atoms in total.